The molecule has 1 aromatic carbocycles. The molecule has 2 heterocycles. The van der Waals surface area contributed by atoms with Crippen LogP contribution in [0.1, 0.15) is 63.8 Å². The van der Waals surface area contributed by atoms with Crippen molar-refractivity contribution in [3.63, 3.8) is 0 Å². The number of pyridine rings is 1. The molecule has 3 aromatic rings. The Morgan fingerprint density at radius 3 is 2.59 bits per heavy atom. The number of anilines is 1. The average Bonchev–Trinajstić information content (AvgIpc) is 3.02. The Kier molecular flexibility index (Phi) is 6.38. The lowest BCUT2D eigenvalue weighted by Crippen LogP contribution is -2.36. The van der Waals surface area contributed by atoms with Gasteiger partial charge in [-0.15, -0.1) is 11.3 Å². The second-order valence-electron chi connectivity index (χ2n) is 8.54. The summed E-state index contributed by atoms with van der Waals surface area (Å²) in [5.41, 5.74) is 8.88. The van der Waals surface area contributed by atoms with Crippen molar-refractivity contribution in [3.8, 4) is 0 Å². The fourth-order valence-corrected chi connectivity index (χ4v) is 4.80. The Labute approximate surface area is 167 Å². The maximum atomic E-state index is 6.26. The molecule has 0 atom stereocenters. The van der Waals surface area contributed by atoms with E-state index in [4.69, 9.17) is 10.7 Å². The van der Waals surface area contributed by atoms with Crippen molar-refractivity contribution in [2.45, 2.75) is 71.8 Å². The fraction of sp³-hybridized carbons (Fsp3) is 0.522. The predicted molar refractivity (Wildman–Crippen MR) is 121 cm³/mol. The van der Waals surface area contributed by atoms with E-state index in [1.165, 1.54) is 39.8 Å². The number of thiophene rings is 1. The van der Waals surface area contributed by atoms with Gasteiger partial charge in [0.15, 0.2) is 0 Å². The van der Waals surface area contributed by atoms with Crippen molar-refractivity contribution < 1.29 is 0 Å². The SMILES string of the molecule is CCCc1cc2c(N)nc3cc(CCCCCNC(C)(C)C)ccc3c2s1. The third-order valence-corrected chi connectivity index (χ3v) is 6.13. The summed E-state index contributed by atoms with van der Waals surface area (Å²) in [6, 6.07) is 8.97. The van der Waals surface area contributed by atoms with E-state index < -0.39 is 0 Å². The molecule has 3 rings (SSSR count). The van der Waals surface area contributed by atoms with Gasteiger partial charge in [0, 0.05) is 25.9 Å². The molecule has 3 N–H and O–H groups in total. The van der Waals surface area contributed by atoms with Crippen molar-refractivity contribution in [2.24, 2.45) is 0 Å². The predicted octanol–water partition coefficient (Wildman–Crippen LogP) is 6.09. The van der Waals surface area contributed by atoms with Crippen molar-refractivity contribution >= 4 is 38.1 Å². The molecule has 0 bridgehead atoms. The molecule has 146 valence electrons. The highest BCUT2D eigenvalue weighted by Crippen LogP contribution is 2.35. The van der Waals surface area contributed by atoms with Crippen LogP contribution in [0.3, 0.4) is 0 Å². The largest absolute Gasteiger partial charge is 0.383 e. The Bertz CT molecular complexity index is 905. The maximum Gasteiger partial charge on any atom is 0.132 e. The van der Waals surface area contributed by atoms with E-state index in [0.29, 0.717) is 5.82 Å². The summed E-state index contributed by atoms with van der Waals surface area (Å²) < 4.78 is 1.29. The van der Waals surface area contributed by atoms with Crippen LogP contribution in [-0.4, -0.2) is 17.1 Å². The summed E-state index contributed by atoms with van der Waals surface area (Å²) in [5.74, 6) is 0.668. The number of hydrogen-bond acceptors (Lipinski definition) is 4. The minimum Gasteiger partial charge on any atom is -0.383 e. The van der Waals surface area contributed by atoms with Gasteiger partial charge < -0.3 is 11.1 Å². The van der Waals surface area contributed by atoms with Crippen LogP contribution in [0.25, 0.3) is 21.0 Å². The molecule has 0 aliphatic carbocycles. The normalized spacial score (nSPS) is 12.3. The van der Waals surface area contributed by atoms with E-state index in [1.54, 1.807) is 0 Å². The number of nitrogens with zero attached hydrogens (tertiary/aromatic N) is 1. The number of hydrogen-bond donors (Lipinski definition) is 2. The Morgan fingerprint density at radius 1 is 1.04 bits per heavy atom. The number of fused-ring (bicyclic) bond motifs is 3. The van der Waals surface area contributed by atoms with E-state index in [9.17, 15) is 0 Å². The number of unbranched alkanes of at least 4 members (excludes halogenated alkanes) is 2. The maximum absolute atomic E-state index is 6.26. The second-order valence-corrected chi connectivity index (χ2v) is 9.68. The van der Waals surface area contributed by atoms with Crippen molar-refractivity contribution in [2.75, 3.05) is 12.3 Å². The summed E-state index contributed by atoms with van der Waals surface area (Å²) in [7, 11) is 0. The quantitative estimate of drug-likeness (QED) is 0.463. The van der Waals surface area contributed by atoms with Crippen LogP contribution in [0.5, 0.6) is 0 Å². The lowest BCUT2D eigenvalue weighted by Gasteiger charge is -2.20. The lowest BCUT2D eigenvalue weighted by atomic mass is 10.0. The molecular formula is C23H33N3S. The van der Waals surface area contributed by atoms with Crippen molar-refractivity contribution in [3.05, 3.63) is 34.7 Å². The highest BCUT2D eigenvalue weighted by molar-refractivity contribution is 7.20. The van der Waals surface area contributed by atoms with Gasteiger partial charge in [-0.3, -0.25) is 0 Å². The molecule has 0 aliphatic rings. The zero-order chi connectivity index (χ0) is 19.4. The zero-order valence-corrected chi connectivity index (χ0v) is 18.0. The third-order valence-electron chi connectivity index (χ3n) is 4.90. The molecule has 0 saturated carbocycles. The van der Waals surface area contributed by atoms with E-state index in [0.717, 1.165) is 36.7 Å². The molecule has 0 aliphatic heterocycles. The highest BCUT2D eigenvalue weighted by atomic mass is 32.1. The molecule has 0 fully saturated rings. The molecule has 0 amide bonds. The molecule has 0 saturated heterocycles. The summed E-state index contributed by atoms with van der Waals surface area (Å²) >= 11 is 1.87. The van der Waals surface area contributed by atoms with Gasteiger partial charge in [0.05, 0.1) is 5.52 Å². The smallest absolute Gasteiger partial charge is 0.132 e. The summed E-state index contributed by atoms with van der Waals surface area (Å²) in [4.78, 5) is 6.10. The van der Waals surface area contributed by atoms with Gasteiger partial charge >= 0.3 is 0 Å². The van der Waals surface area contributed by atoms with Crippen LogP contribution in [0.2, 0.25) is 0 Å². The monoisotopic (exact) mass is 383 g/mol. The van der Waals surface area contributed by atoms with Crippen LogP contribution < -0.4 is 11.1 Å². The molecule has 0 unspecified atom stereocenters. The Balaban J connectivity index is 1.67. The van der Waals surface area contributed by atoms with Crippen LogP contribution in [0.4, 0.5) is 5.82 Å². The Morgan fingerprint density at radius 2 is 1.85 bits per heavy atom. The first-order valence-corrected chi connectivity index (χ1v) is 11.0. The van der Waals surface area contributed by atoms with E-state index >= 15 is 0 Å². The molecular weight excluding hydrogens is 350 g/mol. The number of nitrogen functional groups attached to an aromatic ring is 1. The number of aromatic nitrogens is 1. The Hall–Kier alpha value is -1.65. The minimum absolute atomic E-state index is 0.216. The first-order valence-electron chi connectivity index (χ1n) is 10.2. The van der Waals surface area contributed by atoms with Gasteiger partial charge in [0.25, 0.3) is 0 Å². The van der Waals surface area contributed by atoms with Crippen LogP contribution in [0.15, 0.2) is 24.3 Å². The molecule has 27 heavy (non-hydrogen) atoms. The van der Waals surface area contributed by atoms with Gasteiger partial charge in [-0.05, 0) is 70.7 Å². The first-order chi connectivity index (χ1) is 12.9. The third kappa shape index (κ3) is 5.20. The summed E-state index contributed by atoms with van der Waals surface area (Å²) in [6.07, 6.45) is 7.08. The molecule has 3 nitrogen and oxygen atoms in total. The lowest BCUT2D eigenvalue weighted by molar-refractivity contribution is 0.417. The number of nitrogens with one attached hydrogen (secondary N) is 1. The second kappa shape index (κ2) is 8.57. The molecule has 0 radical (unpaired) electrons. The highest BCUT2D eigenvalue weighted by Gasteiger charge is 2.11. The van der Waals surface area contributed by atoms with Crippen LogP contribution in [-0.2, 0) is 12.8 Å². The van der Waals surface area contributed by atoms with Gasteiger partial charge in [0.1, 0.15) is 5.82 Å². The average molecular weight is 384 g/mol. The van der Waals surface area contributed by atoms with Gasteiger partial charge in [-0.1, -0.05) is 31.9 Å². The number of aryl methyl sites for hydroxylation is 2. The fourth-order valence-electron chi connectivity index (χ4n) is 3.50. The molecule has 0 spiro atoms. The van der Waals surface area contributed by atoms with Gasteiger partial charge in [-0.2, -0.15) is 0 Å². The van der Waals surface area contributed by atoms with Crippen molar-refractivity contribution in [1.29, 1.82) is 0 Å². The van der Waals surface area contributed by atoms with Crippen LogP contribution >= 0.6 is 11.3 Å². The minimum atomic E-state index is 0.216. The summed E-state index contributed by atoms with van der Waals surface area (Å²) in [5, 5.41) is 5.92. The molecule has 2 aromatic heterocycles. The molecule has 4 heteroatoms. The number of benzene rings is 1. The summed E-state index contributed by atoms with van der Waals surface area (Å²) in [6.45, 7) is 9.97. The van der Waals surface area contributed by atoms with Gasteiger partial charge in [0.2, 0.25) is 0 Å². The zero-order valence-electron chi connectivity index (χ0n) is 17.2. The van der Waals surface area contributed by atoms with E-state index in [-0.39, 0.29) is 5.54 Å². The van der Waals surface area contributed by atoms with E-state index in [2.05, 4.69) is 57.3 Å². The number of nitrogens with two attached hydrogens (primary N) is 1. The van der Waals surface area contributed by atoms with Gasteiger partial charge in [-0.25, -0.2) is 4.98 Å². The standard InChI is InChI=1S/C23H33N3S/c1-5-9-17-15-19-21(27-17)18-12-11-16(14-20(18)26-22(19)24)10-7-6-8-13-25-23(2,3)4/h11-12,14-15,25H,5-10,13H2,1-4H3,(H2,24,26). The first kappa shape index (κ1) is 20.1. The van der Waals surface area contributed by atoms with E-state index in [1.807, 2.05) is 11.3 Å². The topological polar surface area (TPSA) is 50.9 Å². The van der Waals surface area contributed by atoms with Crippen LogP contribution in [0, 0.1) is 0 Å². The van der Waals surface area contributed by atoms with Crippen molar-refractivity contribution in [1.82, 2.24) is 10.3 Å². The number of rotatable bonds is 8.